The van der Waals surface area contributed by atoms with E-state index < -0.39 is 0 Å². The van der Waals surface area contributed by atoms with E-state index in [-0.39, 0.29) is 0 Å². The van der Waals surface area contributed by atoms with Crippen LogP contribution < -0.4 is 5.32 Å². The highest BCUT2D eigenvalue weighted by Gasteiger charge is 2.33. The molecule has 1 aromatic carbocycles. The highest BCUT2D eigenvalue weighted by atomic mass is 35.5. The number of hydrogen-bond donors (Lipinski definition) is 1. The van der Waals surface area contributed by atoms with Gasteiger partial charge >= 0.3 is 0 Å². The van der Waals surface area contributed by atoms with E-state index in [0.717, 1.165) is 23.5 Å². The van der Waals surface area contributed by atoms with Crippen LogP contribution in [0.4, 0.5) is 0 Å². The van der Waals surface area contributed by atoms with E-state index >= 15 is 0 Å². The number of likely N-dealkylation sites (tertiary alicyclic amines) is 1. The standard InChI is InChI=1S/C14H19ClN2/c15-13-5-1-3-11(7-13)8-17-9-12-4-2-6-16-14(12)10-17/h1,3,5,7,12,14,16H,2,4,6,8-10H2. The van der Waals surface area contributed by atoms with Gasteiger partial charge in [0.05, 0.1) is 0 Å². The minimum Gasteiger partial charge on any atom is -0.312 e. The van der Waals surface area contributed by atoms with Crippen molar-refractivity contribution in [2.24, 2.45) is 5.92 Å². The summed E-state index contributed by atoms with van der Waals surface area (Å²) >= 11 is 6.02. The minimum atomic E-state index is 0.725. The fourth-order valence-corrected chi connectivity index (χ4v) is 3.37. The van der Waals surface area contributed by atoms with Crippen molar-refractivity contribution in [1.82, 2.24) is 10.2 Å². The summed E-state index contributed by atoms with van der Waals surface area (Å²) in [6.07, 6.45) is 2.73. The van der Waals surface area contributed by atoms with E-state index in [2.05, 4.69) is 22.3 Å². The minimum absolute atomic E-state index is 0.725. The number of nitrogens with one attached hydrogen (secondary N) is 1. The summed E-state index contributed by atoms with van der Waals surface area (Å²) in [5.74, 6) is 0.864. The largest absolute Gasteiger partial charge is 0.312 e. The average molecular weight is 251 g/mol. The van der Waals surface area contributed by atoms with E-state index in [4.69, 9.17) is 11.6 Å². The quantitative estimate of drug-likeness (QED) is 0.868. The highest BCUT2D eigenvalue weighted by molar-refractivity contribution is 6.30. The Morgan fingerprint density at radius 2 is 2.29 bits per heavy atom. The number of hydrogen-bond acceptors (Lipinski definition) is 2. The lowest BCUT2D eigenvalue weighted by molar-refractivity contribution is 0.312. The van der Waals surface area contributed by atoms with Gasteiger partial charge in [0.15, 0.2) is 0 Å². The molecule has 2 atom stereocenters. The zero-order valence-corrected chi connectivity index (χ0v) is 10.8. The number of piperidine rings is 1. The maximum absolute atomic E-state index is 6.02. The number of benzene rings is 1. The first-order valence-electron chi connectivity index (χ1n) is 6.51. The summed E-state index contributed by atoms with van der Waals surface area (Å²) in [7, 11) is 0. The Hall–Kier alpha value is -0.570. The lowest BCUT2D eigenvalue weighted by Crippen LogP contribution is -2.40. The zero-order chi connectivity index (χ0) is 11.7. The van der Waals surface area contributed by atoms with Crippen molar-refractivity contribution in [3.8, 4) is 0 Å². The lowest BCUT2D eigenvalue weighted by atomic mass is 9.94. The fourth-order valence-electron chi connectivity index (χ4n) is 3.16. The maximum Gasteiger partial charge on any atom is 0.0409 e. The molecule has 2 fully saturated rings. The molecule has 0 saturated carbocycles. The third kappa shape index (κ3) is 2.65. The summed E-state index contributed by atoms with van der Waals surface area (Å²) < 4.78 is 0. The molecule has 2 aliphatic heterocycles. The van der Waals surface area contributed by atoms with Crippen molar-refractivity contribution in [3.63, 3.8) is 0 Å². The Labute approximate surface area is 108 Å². The molecule has 2 heterocycles. The van der Waals surface area contributed by atoms with Crippen LogP contribution in [-0.4, -0.2) is 30.6 Å². The second-order valence-electron chi connectivity index (χ2n) is 5.29. The predicted molar refractivity (Wildman–Crippen MR) is 71.2 cm³/mol. The van der Waals surface area contributed by atoms with Crippen LogP contribution in [0.5, 0.6) is 0 Å². The molecule has 0 radical (unpaired) electrons. The molecule has 3 heteroatoms. The van der Waals surface area contributed by atoms with Crippen LogP contribution in [0.1, 0.15) is 18.4 Å². The average Bonchev–Trinajstić information content (AvgIpc) is 2.71. The van der Waals surface area contributed by atoms with Gasteiger partial charge in [0, 0.05) is 30.7 Å². The summed E-state index contributed by atoms with van der Waals surface area (Å²) in [6.45, 7) is 4.67. The van der Waals surface area contributed by atoms with Gasteiger partial charge < -0.3 is 5.32 Å². The molecule has 0 spiro atoms. The van der Waals surface area contributed by atoms with Crippen LogP contribution in [0.25, 0.3) is 0 Å². The van der Waals surface area contributed by atoms with Crippen LogP contribution in [0, 0.1) is 5.92 Å². The monoisotopic (exact) mass is 250 g/mol. The molecule has 0 aromatic heterocycles. The second kappa shape index (κ2) is 4.97. The third-order valence-corrected chi connectivity index (χ3v) is 4.21. The van der Waals surface area contributed by atoms with Crippen molar-refractivity contribution in [2.75, 3.05) is 19.6 Å². The molecule has 17 heavy (non-hydrogen) atoms. The topological polar surface area (TPSA) is 15.3 Å². The number of halogens is 1. The van der Waals surface area contributed by atoms with Crippen molar-refractivity contribution in [1.29, 1.82) is 0 Å². The smallest absolute Gasteiger partial charge is 0.0409 e. The van der Waals surface area contributed by atoms with Crippen molar-refractivity contribution in [3.05, 3.63) is 34.9 Å². The van der Waals surface area contributed by atoms with E-state index in [9.17, 15) is 0 Å². The van der Waals surface area contributed by atoms with Crippen LogP contribution in [0.2, 0.25) is 5.02 Å². The first kappa shape index (κ1) is 11.5. The normalized spacial score (nSPS) is 29.2. The first-order chi connectivity index (χ1) is 8.31. The van der Waals surface area contributed by atoms with Crippen LogP contribution in [0.15, 0.2) is 24.3 Å². The molecule has 0 amide bonds. The van der Waals surface area contributed by atoms with Gasteiger partial charge in [0.2, 0.25) is 0 Å². The van der Waals surface area contributed by atoms with Gasteiger partial charge in [-0.25, -0.2) is 0 Å². The van der Waals surface area contributed by atoms with E-state index in [1.807, 2.05) is 12.1 Å². The summed E-state index contributed by atoms with van der Waals surface area (Å²) in [5, 5.41) is 4.49. The highest BCUT2D eigenvalue weighted by Crippen LogP contribution is 2.26. The molecule has 0 bridgehead atoms. The van der Waals surface area contributed by atoms with Gasteiger partial charge in [-0.1, -0.05) is 23.7 Å². The molecule has 2 unspecified atom stereocenters. The Bertz CT molecular complexity index is 380. The van der Waals surface area contributed by atoms with Crippen LogP contribution in [0.3, 0.4) is 0 Å². The van der Waals surface area contributed by atoms with Crippen LogP contribution in [-0.2, 0) is 6.54 Å². The summed E-state index contributed by atoms with van der Waals surface area (Å²) in [6, 6.07) is 8.95. The molecule has 92 valence electrons. The molecular formula is C14H19ClN2. The maximum atomic E-state index is 6.02. The molecule has 2 saturated heterocycles. The second-order valence-corrected chi connectivity index (χ2v) is 5.72. The Kier molecular flexibility index (Phi) is 3.37. The lowest BCUT2D eigenvalue weighted by Gasteiger charge is -2.24. The Balaban J connectivity index is 1.63. The zero-order valence-electron chi connectivity index (χ0n) is 10.0. The third-order valence-electron chi connectivity index (χ3n) is 3.97. The van der Waals surface area contributed by atoms with Gasteiger partial charge in [-0.05, 0) is 43.0 Å². The van der Waals surface area contributed by atoms with E-state index in [0.29, 0.717) is 0 Å². The number of rotatable bonds is 2. The molecule has 3 rings (SSSR count). The van der Waals surface area contributed by atoms with Crippen molar-refractivity contribution >= 4 is 11.6 Å². The van der Waals surface area contributed by atoms with Gasteiger partial charge in [0.1, 0.15) is 0 Å². The van der Waals surface area contributed by atoms with Crippen molar-refractivity contribution < 1.29 is 0 Å². The molecule has 1 N–H and O–H groups in total. The van der Waals surface area contributed by atoms with Crippen molar-refractivity contribution in [2.45, 2.75) is 25.4 Å². The van der Waals surface area contributed by atoms with Gasteiger partial charge in [-0.2, -0.15) is 0 Å². The number of fused-ring (bicyclic) bond motifs is 1. The molecule has 2 aliphatic rings. The fraction of sp³-hybridized carbons (Fsp3) is 0.571. The number of nitrogens with zero attached hydrogens (tertiary/aromatic N) is 1. The SMILES string of the molecule is Clc1cccc(CN2CC3CCCNC3C2)c1. The summed E-state index contributed by atoms with van der Waals surface area (Å²) in [4.78, 5) is 2.55. The summed E-state index contributed by atoms with van der Waals surface area (Å²) in [5.41, 5.74) is 1.33. The van der Waals surface area contributed by atoms with E-state index in [1.165, 1.54) is 38.0 Å². The Morgan fingerprint density at radius 3 is 3.12 bits per heavy atom. The van der Waals surface area contributed by atoms with Gasteiger partial charge in [0.25, 0.3) is 0 Å². The molecule has 2 nitrogen and oxygen atoms in total. The molecule has 1 aromatic rings. The first-order valence-corrected chi connectivity index (χ1v) is 6.89. The Morgan fingerprint density at radius 1 is 1.35 bits per heavy atom. The molecular weight excluding hydrogens is 232 g/mol. The predicted octanol–water partition coefficient (Wildman–Crippen LogP) is 2.52. The molecule has 0 aliphatic carbocycles. The van der Waals surface area contributed by atoms with Gasteiger partial charge in [-0.3, -0.25) is 4.90 Å². The van der Waals surface area contributed by atoms with Crippen LogP contribution >= 0.6 is 11.6 Å². The van der Waals surface area contributed by atoms with E-state index in [1.54, 1.807) is 0 Å². The van der Waals surface area contributed by atoms with Gasteiger partial charge in [-0.15, -0.1) is 0 Å².